The zero-order valence-corrected chi connectivity index (χ0v) is 72.4. The van der Waals surface area contributed by atoms with Gasteiger partial charge in [-0.2, -0.15) is 0 Å². The van der Waals surface area contributed by atoms with E-state index >= 15 is 0 Å². The Bertz CT molecular complexity index is 4740. The summed E-state index contributed by atoms with van der Waals surface area (Å²) in [6, 6.07) is 0. The van der Waals surface area contributed by atoms with Gasteiger partial charge in [0.2, 0.25) is 35.4 Å². The third kappa shape index (κ3) is 50.9. The highest BCUT2D eigenvalue weighted by Gasteiger charge is 2.22. The molecule has 0 saturated heterocycles. The van der Waals surface area contributed by atoms with Crippen LogP contribution in [0.5, 0.6) is 0 Å². The van der Waals surface area contributed by atoms with E-state index in [0.29, 0.717) is 147 Å². The van der Waals surface area contributed by atoms with Gasteiger partial charge in [0, 0.05) is 41.1 Å². The fourth-order valence-electron chi connectivity index (χ4n) is 9.50. The van der Waals surface area contributed by atoms with Crippen molar-refractivity contribution in [3.63, 3.8) is 0 Å². The molecule has 0 fully saturated rings. The Balaban J connectivity index is 0.000000730. The molecule has 6 heterocycles. The van der Waals surface area contributed by atoms with Gasteiger partial charge in [-0.1, -0.05) is 60.3 Å². The highest BCUT2D eigenvalue weighted by atomic mass is 32.2. The summed E-state index contributed by atoms with van der Waals surface area (Å²) in [5.41, 5.74) is 5.19. The minimum Gasteiger partial charge on any atom is -0.748 e. The molecule has 48 nitrogen and oxygen atoms in total. The molecule has 0 spiro atoms. The lowest BCUT2D eigenvalue weighted by molar-refractivity contribution is -0.891. The summed E-state index contributed by atoms with van der Waals surface area (Å²) in [6.07, 6.45) is 14.2. The molecule has 0 bridgehead atoms. The molecule has 0 aliphatic carbocycles. The van der Waals surface area contributed by atoms with E-state index < -0.39 is 44.1 Å². The van der Waals surface area contributed by atoms with Gasteiger partial charge in [0.15, 0.2) is 36.9 Å². The largest absolute Gasteiger partial charge is 0.748 e. The maximum atomic E-state index is 11.4. The lowest BCUT2D eigenvalue weighted by Crippen LogP contribution is -2.49. The first kappa shape index (κ1) is 107. The fraction of sp³-hybridized carbons (Fsp3) is 0.521. The number of aromatic nitrogens is 18. The molecule has 0 saturated carbocycles. The molecule has 0 atom stereocenters. The van der Waals surface area contributed by atoms with Crippen LogP contribution < -0.4 is 61.7 Å². The molecule has 50 heteroatoms. The molecule has 670 valence electrons. The summed E-state index contributed by atoms with van der Waals surface area (Å²) < 4.78 is 77.5. The van der Waals surface area contributed by atoms with Crippen molar-refractivity contribution in [3.05, 3.63) is 146 Å². The number of nitrogens with zero attached hydrogens (tertiary/aromatic N) is 22. The van der Waals surface area contributed by atoms with Gasteiger partial charge in [-0.25, -0.2) is 35.6 Å². The molecule has 6 aromatic rings. The first-order valence-electron chi connectivity index (χ1n) is 36.9. The van der Waals surface area contributed by atoms with Crippen LogP contribution in [-0.4, -0.2) is 303 Å². The van der Waals surface area contributed by atoms with Crippen LogP contribution in [-0.2, 0) is 161 Å². The molecule has 6 N–H and O–H groups in total. The predicted octanol–water partition coefficient (Wildman–Crippen LogP) is -10.3. The van der Waals surface area contributed by atoms with Crippen molar-refractivity contribution in [1.29, 1.82) is 0 Å². The van der Waals surface area contributed by atoms with E-state index in [1.54, 1.807) is 107 Å². The van der Waals surface area contributed by atoms with Crippen molar-refractivity contribution in [2.45, 2.75) is 112 Å². The molecule has 0 aromatic carbocycles. The summed E-state index contributed by atoms with van der Waals surface area (Å²) in [4.78, 5) is 109. The lowest BCUT2D eigenvalue weighted by atomic mass is 10.3. The lowest BCUT2D eigenvalue weighted by Gasteiger charge is -2.29. The molecule has 6 amide bonds. The van der Waals surface area contributed by atoms with Crippen molar-refractivity contribution in [2.75, 3.05) is 120 Å². The number of nitrogens with one attached hydrogen (secondary N) is 6. The number of amides is 6. The predicted molar refractivity (Wildman–Crippen MR) is 419 cm³/mol. The average Bonchev–Trinajstić information content (AvgIpc) is 1.73. The third-order valence-corrected chi connectivity index (χ3v) is 17.9. The zero-order valence-electron chi connectivity index (χ0n) is 70.7. The number of hydrogen-bond acceptors (Lipinski definition) is 30. The molecular formula is C71H114N28O20S2. The van der Waals surface area contributed by atoms with Crippen LogP contribution in [0.4, 0.5) is 0 Å². The summed E-state index contributed by atoms with van der Waals surface area (Å²) >= 11 is 0. The zero-order chi connectivity index (χ0) is 92.2. The Morgan fingerprint density at radius 2 is 0.653 bits per heavy atom. The number of likely N-dealkylation sites (N-methyl/N-ethyl adjacent to an activating group) is 4. The number of rotatable bonds is 46. The summed E-state index contributed by atoms with van der Waals surface area (Å²) in [5, 5.41) is 97.1. The second-order valence-corrected chi connectivity index (χ2v) is 32.9. The van der Waals surface area contributed by atoms with Crippen molar-refractivity contribution in [2.24, 2.45) is 14.1 Å². The quantitative estimate of drug-likeness (QED) is 0.00894. The summed E-state index contributed by atoms with van der Waals surface area (Å²) in [7, 11) is 10.1. The van der Waals surface area contributed by atoms with E-state index in [0.717, 1.165) is 6.08 Å². The van der Waals surface area contributed by atoms with Gasteiger partial charge in [0.05, 0.1) is 240 Å². The van der Waals surface area contributed by atoms with Gasteiger partial charge in [0.1, 0.15) is 50.0 Å². The molecular weight excluding hydrogens is 1630 g/mol. The van der Waals surface area contributed by atoms with Crippen LogP contribution in [0.1, 0.15) is 67.8 Å². The highest BCUT2D eigenvalue weighted by Crippen LogP contribution is 2.07. The number of aryl methyl sites for hydroxylation is 2. The van der Waals surface area contributed by atoms with E-state index in [-0.39, 0.29) is 112 Å². The van der Waals surface area contributed by atoms with Crippen LogP contribution in [0.2, 0.25) is 0 Å². The average molecular weight is 1740 g/mol. The van der Waals surface area contributed by atoms with Crippen LogP contribution in [0.15, 0.2) is 112 Å². The molecule has 6 aromatic heterocycles. The smallest absolute Gasteiger partial charge is 0.246 e. The molecule has 0 radical (unpaired) electrons. The van der Waals surface area contributed by atoms with Gasteiger partial charge < -0.3 is 98.5 Å². The van der Waals surface area contributed by atoms with Crippen LogP contribution in [0, 0.1) is 0 Å². The number of carboxylic acid groups (broad SMARTS) is 4. The maximum Gasteiger partial charge on any atom is 0.246 e. The van der Waals surface area contributed by atoms with E-state index in [2.05, 4.69) is 123 Å². The van der Waals surface area contributed by atoms with E-state index in [4.69, 9.17) is 0 Å². The van der Waals surface area contributed by atoms with Crippen molar-refractivity contribution in [1.82, 2.24) is 112 Å². The van der Waals surface area contributed by atoms with Gasteiger partial charge >= 0.3 is 0 Å². The maximum absolute atomic E-state index is 11.4. The Morgan fingerprint density at radius 1 is 0.405 bits per heavy atom. The third-order valence-electron chi connectivity index (χ3n) is 16.4. The van der Waals surface area contributed by atoms with Gasteiger partial charge in [-0.15, -0.1) is 39.1 Å². The summed E-state index contributed by atoms with van der Waals surface area (Å²) in [5.74, 6) is -6.83. The number of carboxylic acids is 4. The van der Waals surface area contributed by atoms with Gasteiger partial charge in [-0.3, -0.25) is 28.8 Å². The van der Waals surface area contributed by atoms with Crippen LogP contribution in [0.25, 0.3) is 0 Å². The second-order valence-electron chi connectivity index (χ2n) is 29.8. The number of carbonyl (C=O) groups is 10. The van der Waals surface area contributed by atoms with E-state index in [1.165, 1.54) is 43.3 Å². The Labute approximate surface area is 702 Å². The topological polar surface area (TPSA) is 616 Å². The van der Waals surface area contributed by atoms with Crippen molar-refractivity contribution in [3.8, 4) is 0 Å². The number of carbonyl (C=O) groups excluding carboxylic acids is 10. The van der Waals surface area contributed by atoms with Gasteiger partial charge in [-0.05, 0) is 39.0 Å². The molecule has 121 heavy (non-hydrogen) atoms. The Kier molecular flexibility index (Phi) is 45.7. The van der Waals surface area contributed by atoms with Crippen LogP contribution >= 0.6 is 0 Å². The minimum atomic E-state index is -4.16. The Morgan fingerprint density at radius 3 is 0.901 bits per heavy atom. The van der Waals surface area contributed by atoms with E-state index in [9.17, 15) is 94.3 Å². The number of quaternary nitrogens is 4. The SMILES string of the molecule is C=C(C)C(=O)NCc1c[n+](CC(=O)[O-])nn1C.C=C(C)C(=O)NCc1cn(CC[N+](C)(C)CC(=O)[O-])nn1.C=C(C)C(=O)NCc1cn(CC[N+](C)(C)CCCS(=O)(=O)[O-])nn1.C=CC(=O)NCc1c[n+](CC(=O)[O-])nn1C.C=CC(=O)NCc1cn(CC[N+](C)(C)CC(=O)[O-])nn1.C=CC(=O)NCc1cn(CC[N+](C)(C)CCCS(=O)(=O)[O-])nn1. The molecule has 6 rings (SSSR count). The van der Waals surface area contributed by atoms with Crippen LogP contribution in [0.3, 0.4) is 0 Å². The first-order valence-corrected chi connectivity index (χ1v) is 40.1. The monoisotopic (exact) mass is 1740 g/mol. The minimum absolute atomic E-state index is 0.0586. The first-order chi connectivity index (χ1) is 56.0. The fourth-order valence-corrected chi connectivity index (χ4v) is 10.5. The van der Waals surface area contributed by atoms with Crippen molar-refractivity contribution >= 4 is 79.6 Å². The molecule has 0 unspecified atom stereocenters. The Hall–Kier alpha value is -12.4. The molecule has 0 aliphatic heterocycles. The van der Waals surface area contributed by atoms with E-state index in [1.807, 2.05) is 28.2 Å². The van der Waals surface area contributed by atoms with Crippen molar-refractivity contribution < 1.29 is 122 Å². The number of aliphatic carboxylic acids is 4. The number of hydrogen-bond donors (Lipinski definition) is 6. The normalized spacial score (nSPS) is 11.2. The standard InChI is InChI=1S/C14H25N5O4S.C13H23N5O4S.C13H21N5O3.C12H19N5O3.C10H14N4O3.C9H12N4O3/c1-12(2)14(20)15-10-13-11-18(17-16-13)6-8-19(3,4)7-5-9-24(21,22)23;1-4-13(19)14-10-12-11-17(16-15-12)6-8-18(2,3)7-5-9-23(20,21)22;1-10(2)13(21)14-7-11-8-17(16-15-11)5-6-18(3,4)9-12(19)20;1-4-11(18)13-7-10-8-16(15-14-10)5-6-17(2,3)9-12(19)20;1-7(2)10(17)11-4-8-5-14(6-9(15)16)12-13(8)3;1-3-8(14)10-4-7-5-13(6-9(15)16)11-12(7)2/h11H,1,5-10H2,2-4H3,(H-,15,20,21,22,23);4,11H,1,5-10H2,2-3H3,(H-,14,19,20,21,22);8H,1,5-7,9H2,2-4H3,(H-,14,19,20,21);4,8H,1,5-7,9H2,2-3H3,(H-,13,18,19,20);5H,1,4,6H2,2-3H3,(H-,11,15,16,17);3,5H,1,4,6H2,2H3,(H-,10,14,15,16). The highest BCUT2D eigenvalue weighted by molar-refractivity contribution is 7.85. The summed E-state index contributed by atoms with van der Waals surface area (Å²) in [6.45, 7) is 32.4. The molecule has 0 aliphatic rings. The second kappa shape index (κ2) is 51.9. The van der Waals surface area contributed by atoms with Gasteiger partial charge in [0.25, 0.3) is 0 Å².